The van der Waals surface area contributed by atoms with Gasteiger partial charge in [0.1, 0.15) is 5.75 Å². The average molecular weight is 478 g/mol. The van der Waals surface area contributed by atoms with E-state index in [0.717, 1.165) is 37.3 Å². The van der Waals surface area contributed by atoms with Crippen molar-refractivity contribution < 1.29 is 17.9 Å². The van der Waals surface area contributed by atoms with Crippen LogP contribution in [0.1, 0.15) is 17.2 Å². The van der Waals surface area contributed by atoms with Gasteiger partial charge in [0.15, 0.2) is 0 Å². The van der Waals surface area contributed by atoms with E-state index in [-0.39, 0.29) is 36.6 Å². The lowest BCUT2D eigenvalue weighted by Gasteiger charge is -2.36. The van der Waals surface area contributed by atoms with Crippen LogP contribution in [0, 0.1) is 0 Å². The van der Waals surface area contributed by atoms with Gasteiger partial charge in [-0.05, 0) is 29.8 Å². The number of nitrogens with zero attached hydrogens (tertiary/aromatic N) is 1. The maximum atomic E-state index is 12.4. The Balaban J connectivity index is 0.00000196. The summed E-state index contributed by atoms with van der Waals surface area (Å²) in [4.78, 5) is 2.21. The van der Waals surface area contributed by atoms with E-state index in [1.54, 1.807) is 30.3 Å². The molecule has 1 aliphatic rings. The van der Waals surface area contributed by atoms with Crippen LogP contribution in [-0.4, -0.2) is 37.4 Å². The van der Waals surface area contributed by atoms with Crippen LogP contribution in [0.2, 0.25) is 10.0 Å². The van der Waals surface area contributed by atoms with Crippen LogP contribution >= 0.6 is 48.0 Å². The molecule has 1 heterocycles. The van der Waals surface area contributed by atoms with Crippen LogP contribution in [0.3, 0.4) is 0 Å². The van der Waals surface area contributed by atoms with E-state index in [0.29, 0.717) is 10.0 Å². The van der Waals surface area contributed by atoms with E-state index in [1.165, 1.54) is 12.1 Å². The first-order chi connectivity index (χ1) is 12.3. The number of hydrogen-bond donors (Lipinski definition) is 1. The number of benzene rings is 2. The summed E-state index contributed by atoms with van der Waals surface area (Å²) >= 11 is 12.8. The number of piperazine rings is 1. The van der Waals surface area contributed by atoms with Gasteiger partial charge >= 0.3 is 6.36 Å². The molecule has 0 aliphatic carbocycles. The van der Waals surface area contributed by atoms with Crippen molar-refractivity contribution in [2.45, 2.75) is 12.4 Å². The third-order valence-electron chi connectivity index (χ3n) is 4.22. The fourth-order valence-corrected chi connectivity index (χ4v) is 3.73. The summed E-state index contributed by atoms with van der Waals surface area (Å²) < 4.78 is 41.1. The summed E-state index contributed by atoms with van der Waals surface area (Å²) in [7, 11) is 0. The Morgan fingerprint density at radius 3 is 1.96 bits per heavy atom. The van der Waals surface area contributed by atoms with Gasteiger partial charge in [0.05, 0.1) is 6.04 Å². The van der Waals surface area contributed by atoms with Crippen LogP contribution in [0.25, 0.3) is 0 Å². The summed E-state index contributed by atoms with van der Waals surface area (Å²) in [6.07, 6.45) is -4.72. The van der Waals surface area contributed by atoms with Gasteiger partial charge in [-0.3, -0.25) is 4.90 Å². The van der Waals surface area contributed by atoms with Crippen molar-refractivity contribution in [1.82, 2.24) is 10.2 Å². The normalized spacial score (nSPS) is 15.9. The summed E-state index contributed by atoms with van der Waals surface area (Å²) in [5.41, 5.74) is 1.55. The molecule has 3 rings (SSSR count). The third kappa shape index (κ3) is 6.31. The van der Waals surface area contributed by atoms with Crippen LogP contribution in [-0.2, 0) is 0 Å². The fraction of sp³-hybridized carbons (Fsp3) is 0.333. The molecule has 2 aromatic carbocycles. The molecular weight excluding hydrogens is 459 g/mol. The van der Waals surface area contributed by atoms with E-state index >= 15 is 0 Å². The maximum absolute atomic E-state index is 12.4. The smallest absolute Gasteiger partial charge is 0.406 e. The van der Waals surface area contributed by atoms with Gasteiger partial charge in [0, 0.05) is 41.8 Å². The molecule has 1 fully saturated rings. The highest BCUT2D eigenvalue weighted by atomic mass is 35.5. The van der Waals surface area contributed by atoms with Gasteiger partial charge in [0.25, 0.3) is 0 Å². The molecule has 3 nitrogen and oxygen atoms in total. The van der Waals surface area contributed by atoms with E-state index in [4.69, 9.17) is 23.2 Å². The lowest BCUT2D eigenvalue weighted by atomic mass is 9.96. The minimum Gasteiger partial charge on any atom is -0.406 e. The molecule has 2 aromatic rings. The van der Waals surface area contributed by atoms with Crippen molar-refractivity contribution in [2.75, 3.05) is 26.2 Å². The molecule has 10 heteroatoms. The highest BCUT2D eigenvalue weighted by Crippen LogP contribution is 2.38. The molecular formula is C18H19Cl4F3N2O. The van der Waals surface area contributed by atoms with Gasteiger partial charge in [-0.1, -0.05) is 41.4 Å². The zero-order valence-corrected chi connectivity index (χ0v) is 17.7. The maximum Gasteiger partial charge on any atom is 0.573 e. The third-order valence-corrected chi connectivity index (χ3v) is 4.88. The lowest BCUT2D eigenvalue weighted by Crippen LogP contribution is -2.45. The summed E-state index contributed by atoms with van der Waals surface area (Å²) in [5.74, 6) is -0.259. The number of alkyl halides is 3. The summed E-state index contributed by atoms with van der Waals surface area (Å²) in [6.45, 7) is 3.17. The van der Waals surface area contributed by atoms with Crippen molar-refractivity contribution in [1.29, 1.82) is 0 Å². The SMILES string of the molecule is Cl.Cl.FC(F)(F)Oc1ccc([C@@H](c2c(Cl)cccc2Cl)N2CCNCC2)cc1. The van der Waals surface area contributed by atoms with E-state index in [2.05, 4.69) is 15.0 Å². The van der Waals surface area contributed by atoms with Gasteiger partial charge in [-0.25, -0.2) is 0 Å². The Kier molecular flexibility index (Phi) is 9.67. The molecule has 1 atom stereocenters. The second-order valence-electron chi connectivity index (χ2n) is 5.94. The number of ether oxygens (including phenoxy) is 1. The Morgan fingerprint density at radius 1 is 0.929 bits per heavy atom. The second-order valence-corrected chi connectivity index (χ2v) is 6.76. The van der Waals surface area contributed by atoms with Crippen LogP contribution in [0.15, 0.2) is 42.5 Å². The van der Waals surface area contributed by atoms with Gasteiger partial charge in [-0.2, -0.15) is 0 Å². The monoisotopic (exact) mass is 476 g/mol. The predicted octanol–water partition coefficient (Wildman–Crippen LogP) is 5.73. The van der Waals surface area contributed by atoms with Crippen molar-refractivity contribution in [3.63, 3.8) is 0 Å². The van der Waals surface area contributed by atoms with Gasteiger partial charge < -0.3 is 10.1 Å². The Morgan fingerprint density at radius 2 is 1.46 bits per heavy atom. The largest absolute Gasteiger partial charge is 0.573 e. The molecule has 1 N–H and O–H groups in total. The standard InChI is InChI=1S/C18H17Cl2F3N2O.2ClH/c19-14-2-1-3-15(20)16(14)17(25-10-8-24-9-11-25)12-4-6-13(7-5-12)26-18(21,22)23;;/h1-7,17,24H,8-11H2;2*1H/t17-;;/m0../s1. The minimum absolute atomic E-state index is 0. The molecule has 1 saturated heterocycles. The Hall–Kier alpha value is -0.890. The lowest BCUT2D eigenvalue weighted by molar-refractivity contribution is -0.274. The highest BCUT2D eigenvalue weighted by molar-refractivity contribution is 6.36. The minimum atomic E-state index is -4.72. The van der Waals surface area contributed by atoms with Crippen LogP contribution < -0.4 is 10.1 Å². The number of halogens is 7. The van der Waals surface area contributed by atoms with E-state index in [9.17, 15) is 13.2 Å². The zero-order chi connectivity index (χ0) is 18.7. The van der Waals surface area contributed by atoms with Crippen molar-refractivity contribution in [3.05, 3.63) is 63.6 Å². The molecule has 0 aromatic heterocycles. The summed E-state index contributed by atoms with van der Waals surface area (Å²) in [5, 5.41) is 4.33. The zero-order valence-electron chi connectivity index (χ0n) is 14.5. The molecule has 0 radical (unpaired) electrons. The fourth-order valence-electron chi connectivity index (χ4n) is 3.12. The topological polar surface area (TPSA) is 24.5 Å². The number of hydrogen-bond acceptors (Lipinski definition) is 3. The van der Waals surface area contributed by atoms with Crippen molar-refractivity contribution in [2.24, 2.45) is 0 Å². The Bertz CT molecular complexity index is 733. The highest BCUT2D eigenvalue weighted by Gasteiger charge is 2.32. The molecule has 0 bridgehead atoms. The molecule has 0 saturated carbocycles. The second kappa shape index (κ2) is 10.8. The van der Waals surface area contributed by atoms with E-state index < -0.39 is 6.36 Å². The molecule has 28 heavy (non-hydrogen) atoms. The van der Waals surface area contributed by atoms with Crippen LogP contribution in [0.4, 0.5) is 13.2 Å². The molecule has 0 amide bonds. The molecule has 156 valence electrons. The quantitative estimate of drug-likeness (QED) is 0.608. The van der Waals surface area contributed by atoms with Crippen molar-refractivity contribution in [3.8, 4) is 5.75 Å². The molecule has 0 spiro atoms. The molecule has 1 aliphatic heterocycles. The number of rotatable bonds is 4. The van der Waals surface area contributed by atoms with E-state index in [1.807, 2.05) is 0 Å². The Labute approximate surface area is 184 Å². The number of nitrogens with one attached hydrogen (secondary N) is 1. The first-order valence-corrected chi connectivity index (χ1v) is 8.85. The van der Waals surface area contributed by atoms with Gasteiger partial charge in [0.2, 0.25) is 0 Å². The molecule has 0 unspecified atom stereocenters. The van der Waals surface area contributed by atoms with Crippen molar-refractivity contribution >= 4 is 48.0 Å². The first-order valence-electron chi connectivity index (χ1n) is 8.09. The average Bonchev–Trinajstić information content (AvgIpc) is 2.59. The van der Waals surface area contributed by atoms with Gasteiger partial charge in [-0.15, -0.1) is 38.0 Å². The first kappa shape index (κ1) is 25.1. The van der Waals surface area contributed by atoms with Crippen LogP contribution in [0.5, 0.6) is 5.75 Å². The summed E-state index contributed by atoms with van der Waals surface area (Å²) in [6, 6.07) is 10.9. The predicted molar refractivity (Wildman–Crippen MR) is 110 cm³/mol.